The van der Waals surface area contributed by atoms with Gasteiger partial charge in [0.1, 0.15) is 0 Å². The van der Waals surface area contributed by atoms with E-state index in [1.165, 1.54) is 6.42 Å². The summed E-state index contributed by atoms with van der Waals surface area (Å²) in [7, 11) is 1.76. The quantitative estimate of drug-likeness (QED) is 0.413. The van der Waals surface area contributed by atoms with Crippen LogP contribution in [0, 0.1) is 0 Å². The van der Waals surface area contributed by atoms with E-state index in [2.05, 4.69) is 10.2 Å². The van der Waals surface area contributed by atoms with E-state index < -0.39 is 6.29 Å². The van der Waals surface area contributed by atoms with E-state index in [4.69, 9.17) is 14.2 Å². The summed E-state index contributed by atoms with van der Waals surface area (Å²) >= 11 is 0. The number of hydrogen-bond donors (Lipinski definition) is 2. The van der Waals surface area contributed by atoms with Crippen LogP contribution in [0.5, 0.6) is 0 Å². The number of carbonyl (C=O) groups is 1. The first kappa shape index (κ1) is 26.5. The minimum atomic E-state index is -0.529. The fourth-order valence-corrected chi connectivity index (χ4v) is 5.33. The zero-order valence-electron chi connectivity index (χ0n) is 21.8. The van der Waals surface area contributed by atoms with Gasteiger partial charge in [-0.15, -0.1) is 0 Å². The molecule has 2 saturated heterocycles. The highest BCUT2D eigenvalue weighted by Crippen LogP contribution is 2.39. The summed E-state index contributed by atoms with van der Waals surface area (Å²) in [6.07, 6.45) is 2.39. The van der Waals surface area contributed by atoms with Gasteiger partial charge in [-0.1, -0.05) is 54.6 Å². The number of aliphatic hydroxyl groups is 1. The number of aliphatic hydroxyl groups excluding tert-OH is 1. The molecule has 2 fully saturated rings. The van der Waals surface area contributed by atoms with Crippen LogP contribution in [0.3, 0.4) is 0 Å². The van der Waals surface area contributed by atoms with Gasteiger partial charge in [-0.25, -0.2) is 0 Å². The van der Waals surface area contributed by atoms with Crippen molar-refractivity contribution in [2.45, 2.75) is 50.4 Å². The summed E-state index contributed by atoms with van der Waals surface area (Å²) < 4.78 is 18.4. The largest absolute Gasteiger partial charge is 0.392 e. The van der Waals surface area contributed by atoms with Crippen LogP contribution < -0.4 is 5.32 Å². The van der Waals surface area contributed by atoms with E-state index in [1.54, 1.807) is 19.2 Å². The molecule has 38 heavy (non-hydrogen) atoms. The van der Waals surface area contributed by atoms with Crippen molar-refractivity contribution in [2.75, 3.05) is 32.1 Å². The van der Waals surface area contributed by atoms with E-state index in [0.29, 0.717) is 17.3 Å². The average molecular weight is 517 g/mol. The number of rotatable bonds is 9. The SMILES string of the molecule is COCC1CCCN1CC1CC(c2ccc(CO)cc2)OC(c2ccc(NC(=O)c3ccccc3)cc2)O1. The molecular formula is C31H36N2O5. The Morgan fingerprint density at radius 2 is 1.74 bits per heavy atom. The summed E-state index contributed by atoms with van der Waals surface area (Å²) in [6, 6.07) is 25.2. The minimum Gasteiger partial charge on any atom is -0.392 e. The highest BCUT2D eigenvalue weighted by Gasteiger charge is 2.35. The molecule has 4 atom stereocenters. The van der Waals surface area contributed by atoms with Gasteiger partial charge in [0.25, 0.3) is 5.91 Å². The zero-order valence-corrected chi connectivity index (χ0v) is 21.8. The van der Waals surface area contributed by atoms with Gasteiger partial charge in [0, 0.05) is 42.9 Å². The van der Waals surface area contributed by atoms with Crippen molar-refractivity contribution in [3.63, 3.8) is 0 Å². The molecule has 0 bridgehead atoms. The summed E-state index contributed by atoms with van der Waals surface area (Å²) in [6.45, 7) is 2.62. The second kappa shape index (κ2) is 12.7. The normalized spacial score (nSPS) is 23.8. The molecule has 200 valence electrons. The van der Waals surface area contributed by atoms with Crippen molar-refractivity contribution in [1.82, 2.24) is 4.90 Å². The Balaban J connectivity index is 1.31. The highest BCUT2D eigenvalue weighted by atomic mass is 16.7. The van der Waals surface area contributed by atoms with Gasteiger partial charge in [-0.2, -0.15) is 0 Å². The topological polar surface area (TPSA) is 80.3 Å². The molecule has 7 nitrogen and oxygen atoms in total. The molecule has 3 aromatic rings. The van der Waals surface area contributed by atoms with Crippen LogP contribution in [-0.2, 0) is 20.8 Å². The van der Waals surface area contributed by atoms with Crippen molar-refractivity contribution in [1.29, 1.82) is 0 Å². The van der Waals surface area contributed by atoms with Gasteiger partial charge in [-0.05, 0) is 54.8 Å². The lowest BCUT2D eigenvalue weighted by molar-refractivity contribution is -0.253. The first-order valence-corrected chi connectivity index (χ1v) is 13.3. The van der Waals surface area contributed by atoms with E-state index in [-0.39, 0.29) is 24.7 Å². The standard InChI is InChI=1S/C31H36N2O5/c1-36-21-27-8-5-17-33(27)19-28-18-29(23-11-9-22(20-34)10-12-23)38-31(37-28)25-13-15-26(16-14-25)32-30(35)24-6-3-2-4-7-24/h2-4,6-7,9-16,27-29,31,34H,5,8,17-21H2,1H3,(H,32,35). The van der Waals surface area contributed by atoms with Crippen molar-refractivity contribution >= 4 is 11.6 Å². The Hall–Kier alpha value is -3.07. The summed E-state index contributed by atoms with van der Waals surface area (Å²) in [5, 5.41) is 12.4. The Morgan fingerprint density at radius 1 is 1.00 bits per heavy atom. The summed E-state index contributed by atoms with van der Waals surface area (Å²) in [5.74, 6) is -0.147. The molecule has 0 aliphatic carbocycles. The predicted molar refractivity (Wildman–Crippen MR) is 146 cm³/mol. The zero-order chi connectivity index (χ0) is 26.3. The molecule has 2 N–H and O–H groups in total. The first-order chi connectivity index (χ1) is 18.6. The van der Waals surface area contributed by atoms with Crippen molar-refractivity contribution in [3.05, 3.63) is 101 Å². The van der Waals surface area contributed by atoms with Gasteiger partial charge >= 0.3 is 0 Å². The molecule has 7 heteroatoms. The minimum absolute atomic E-state index is 0.00816. The predicted octanol–water partition coefficient (Wildman–Crippen LogP) is 5.09. The molecule has 0 radical (unpaired) electrons. The van der Waals surface area contributed by atoms with Gasteiger partial charge in [-0.3, -0.25) is 9.69 Å². The van der Waals surface area contributed by atoms with Crippen LogP contribution in [0.15, 0.2) is 78.9 Å². The molecule has 4 unspecified atom stereocenters. The fourth-order valence-electron chi connectivity index (χ4n) is 5.33. The Morgan fingerprint density at radius 3 is 2.45 bits per heavy atom. The number of benzene rings is 3. The number of likely N-dealkylation sites (tertiary alicyclic amines) is 1. The Bertz CT molecular complexity index is 1170. The van der Waals surface area contributed by atoms with Crippen LogP contribution in [-0.4, -0.2) is 54.9 Å². The van der Waals surface area contributed by atoms with Crippen LogP contribution in [0.1, 0.15) is 58.7 Å². The molecular weight excluding hydrogens is 480 g/mol. The second-order valence-corrected chi connectivity index (χ2v) is 10.0. The number of anilines is 1. The van der Waals surface area contributed by atoms with Gasteiger partial charge in [0.15, 0.2) is 6.29 Å². The summed E-state index contributed by atoms with van der Waals surface area (Å²) in [5.41, 5.74) is 4.18. The molecule has 2 aliphatic rings. The number of nitrogens with one attached hydrogen (secondary N) is 1. The monoisotopic (exact) mass is 516 g/mol. The first-order valence-electron chi connectivity index (χ1n) is 13.3. The number of carbonyl (C=O) groups excluding carboxylic acids is 1. The molecule has 1 amide bonds. The number of hydrogen-bond acceptors (Lipinski definition) is 6. The van der Waals surface area contributed by atoms with Crippen molar-refractivity contribution in [2.24, 2.45) is 0 Å². The second-order valence-electron chi connectivity index (χ2n) is 10.0. The molecule has 0 saturated carbocycles. The highest BCUT2D eigenvalue weighted by molar-refractivity contribution is 6.04. The van der Waals surface area contributed by atoms with Crippen LogP contribution in [0.4, 0.5) is 5.69 Å². The van der Waals surface area contributed by atoms with E-state index in [9.17, 15) is 9.90 Å². The number of amides is 1. The van der Waals surface area contributed by atoms with Gasteiger partial charge < -0.3 is 24.6 Å². The summed E-state index contributed by atoms with van der Waals surface area (Å²) in [4.78, 5) is 15.0. The average Bonchev–Trinajstić information content (AvgIpc) is 3.40. The third-order valence-corrected chi connectivity index (χ3v) is 7.39. The van der Waals surface area contributed by atoms with Crippen LogP contribution >= 0.6 is 0 Å². The fraction of sp³-hybridized carbons (Fsp3) is 0.387. The van der Waals surface area contributed by atoms with Crippen LogP contribution in [0.25, 0.3) is 0 Å². The van der Waals surface area contributed by atoms with Gasteiger partial charge in [0.05, 0.1) is 25.4 Å². The molecule has 2 heterocycles. The lowest BCUT2D eigenvalue weighted by Gasteiger charge is -2.38. The molecule has 3 aromatic carbocycles. The van der Waals surface area contributed by atoms with E-state index >= 15 is 0 Å². The Labute approximate surface area is 224 Å². The lowest BCUT2D eigenvalue weighted by Crippen LogP contribution is -2.42. The number of nitrogens with zero attached hydrogens (tertiary/aromatic N) is 1. The molecule has 5 rings (SSSR count). The maximum Gasteiger partial charge on any atom is 0.255 e. The maximum atomic E-state index is 12.5. The maximum absolute atomic E-state index is 12.5. The van der Waals surface area contributed by atoms with Crippen LogP contribution in [0.2, 0.25) is 0 Å². The third-order valence-electron chi connectivity index (χ3n) is 7.39. The van der Waals surface area contributed by atoms with Crippen molar-refractivity contribution < 1.29 is 24.1 Å². The molecule has 0 aromatic heterocycles. The Kier molecular flexibility index (Phi) is 8.83. The lowest BCUT2D eigenvalue weighted by atomic mass is 9.99. The number of methoxy groups -OCH3 is 1. The number of ether oxygens (including phenoxy) is 3. The molecule has 0 spiro atoms. The smallest absolute Gasteiger partial charge is 0.255 e. The van der Waals surface area contributed by atoms with E-state index in [1.807, 2.05) is 66.7 Å². The molecule has 2 aliphatic heterocycles. The third kappa shape index (κ3) is 6.49. The van der Waals surface area contributed by atoms with Crippen molar-refractivity contribution in [3.8, 4) is 0 Å². The van der Waals surface area contributed by atoms with E-state index in [0.717, 1.165) is 49.2 Å². The van der Waals surface area contributed by atoms with Gasteiger partial charge in [0.2, 0.25) is 0 Å².